The predicted octanol–water partition coefficient (Wildman–Crippen LogP) is 2.81. The van der Waals surface area contributed by atoms with Crippen molar-refractivity contribution in [1.82, 2.24) is 15.6 Å². The highest BCUT2D eigenvalue weighted by Gasteiger charge is 2.40. The molecule has 2 heterocycles. The van der Waals surface area contributed by atoms with E-state index in [-0.39, 0.29) is 18.1 Å². The molecule has 2 fully saturated rings. The largest absolute Gasteiger partial charge is 0.490 e. The van der Waals surface area contributed by atoms with Crippen LogP contribution in [0.3, 0.4) is 0 Å². The zero-order chi connectivity index (χ0) is 19.4. The highest BCUT2D eigenvalue weighted by molar-refractivity contribution is 5.85. The van der Waals surface area contributed by atoms with Crippen LogP contribution in [0.25, 0.3) is 10.9 Å². The first-order valence-corrected chi connectivity index (χ1v) is 10.3. The normalized spacial score (nSPS) is 24.6. The molecule has 0 atom stereocenters. The van der Waals surface area contributed by atoms with Crippen LogP contribution in [0, 0.1) is 0 Å². The van der Waals surface area contributed by atoms with Crippen molar-refractivity contribution in [3.8, 4) is 5.75 Å². The minimum atomic E-state index is -0.669. The van der Waals surface area contributed by atoms with Gasteiger partial charge in [-0.3, -0.25) is 9.78 Å². The van der Waals surface area contributed by atoms with Crippen molar-refractivity contribution >= 4 is 16.8 Å². The maximum Gasteiger partial charge on any atom is 0.252 e. The fourth-order valence-electron chi connectivity index (χ4n) is 4.32. The maximum atomic E-state index is 12.8. The molecule has 1 saturated heterocycles. The van der Waals surface area contributed by atoms with Crippen LogP contribution in [0.5, 0.6) is 5.75 Å². The molecule has 2 N–H and O–H groups in total. The smallest absolute Gasteiger partial charge is 0.252 e. The number of amides is 1. The topological polar surface area (TPSA) is 72.5 Å². The van der Waals surface area contributed by atoms with Crippen molar-refractivity contribution in [2.24, 2.45) is 0 Å². The fraction of sp³-hybridized carbons (Fsp3) is 0.545. The molecule has 1 amide bonds. The van der Waals surface area contributed by atoms with Crippen LogP contribution in [0.1, 0.15) is 38.5 Å². The van der Waals surface area contributed by atoms with Gasteiger partial charge in [0, 0.05) is 24.7 Å². The summed E-state index contributed by atoms with van der Waals surface area (Å²) in [5.74, 6) is 0.934. The lowest BCUT2D eigenvalue weighted by Crippen LogP contribution is -2.56. The van der Waals surface area contributed by atoms with Crippen LogP contribution in [0.2, 0.25) is 0 Å². The van der Waals surface area contributed by atoms with Gasteiger partial charge in [0.1, 0.15) is 11.4 Å². The molecule has 0 bridgehead atoms. The number of pyridine rings is 1. The van der Waals surface area contributed by atoms with Crippen LogP contribution in [-0.2, 0) is 9.53 Å². The minimum Gasteiger partial charge on any atom is -0.490 e. The van der Waals surface area contributed by atoms with Crippen LogP contribution in [0.15, 0.2) is 36.5 Å². The Hall–Kier alpha value is -2.18. The summed E-state index contributed by atoms with van der Waals surface area (Å²) in [6.07, 6.45) is 7.20. The first-order chi connectivity index (χ1) is 13.7. The van der Waals surface area contributed by atoms with Gasteiger partial charge < -0.3 is 20.1 Å². The van der Waals surface area contributed by atoms with E-state index in [1.54, 1.807) is 13.3 Å². The number of rotatable bonds is 5. The van der Waals surface area contributed by atoms with Gasteiger partial charge in [-0.2, -0.15) is 0 Å². The van der Waals surface area contributed by atoms with E-state index < -0.39 is 5.60 Å². The van der Waals surface area contributed by atoms with E-state index in [1.807, 2.05) is 24.3 Å². The third-order valence-corrected chi connectivity index (χ3v) is 6.10. The van der Waals surface area contributed by atoms with Gasteiger partial charge in [-0.1, -0.05) is 6.07 Å². The first kappa shape index (κ1) is 19.2. The molecular formula is C22H29N3O3. The number of ether oxygens (including phenoxy) is 2. The summed E-state index contributed by atoms with van der Waals surface area (Å²) in [5, 5.41) is 7.62. The molecule has 0 spiro atoms. The lowest BCUT2D eigenvalue weighted by molar-refractivity contribution is -0.147. The zero-order valence-electron chi connectivity index (χ0n) is 16.4. The molecule has 1 aromatic heterocycles. The Morgan fingerprint density at radius 2 is 1.96 bits per heavy atom. The summed E-state index contributed by atoms with van der Waals surface area (Å²) in [4.78, 5) is 17.2. The number of nitrogens with zero attached hydrogens (tertiary/aromatic N) is 1. The summed E-state index contributed by atoms with van der Waals surface area (Å²) >= 11 is 0. The van der Waals surface area contributed by atoms with E-state index in [4.69, 9.17) is 9.47 Å². The van der Waals surface area contributed by atoms with E-state index in [9.17, 15) is 4.79 Å². The average Bonchev–Trinajstić information content (AvgIpc) is 2.75. The fourth-order valence-corrected chi connectivity index (χ4v) is 4.32. The Labute approximate surface area is 166 Å². The molecule has 2 aliphatic rings. The Kier molecular flexibility index (Phi) is 5.78. The number of hydrogen-bond donors (Lipinski definition) is 2. The van der Waals surface area contributed by atoms with Crippen molar-refractivity contribution in [1.29, 1.82) is 0 Å². The minimum absolute atomic E-state index is 0.0443. The van der Waals surface area contributed by atoms with Crippen molar-refractivity contribution in [2.75, 3.05) is 20.2 Å². The molecule has 2 aromatic rings. The quantitative estimate of drug-likeness (QED) is 0.831. The molecule has 0 radical (unpaired) electrons. The number of benzene rings is 1. The highest BCUT2D eigenvalue weighted by atomic mass is 16.5. The highest BCUT2D eigenvalue weighted by Crippen LogP contribution is 2.28. The lowest BCUT2D eigenvalue weighted by Gasteiger charge is -2.37. The summed E-state index contributed by atoms with van der Waals surface area (Å²) in [7, 11) is 1.65. The third-order valence-electron chi connectivity index (χ3n) is 6.10. The van der Waals surface area contributed by atoms with Crippen LogP contribution < -0.4 is 15.4 Å². The van der Waals surface area contributed by atoms with E-state index in [0.717, 1.165) is 68.3 Å². The number of hydrogen-bond acceptors (Lipinski definition) is 5. The molecule has 0 unspecified atom stereocenters. The van der Waals surface area contributed by atoms with Crippen molar-refractivity contribution in [3.63, 3.8) is 0 Å². The Morgan fingerprint density at radius 3 is 2.71 bits per heavy atom. The summed E-state index contributed by atoms with van der Waals surface area (Å²) in [6, 6.07) is 10.2. The van der Waals surface area contributed by atoms with Gasteiger partial charge in [-0.15, -0.1) is 0 Å². The number of fused-ring (bicyclic) bond motifs is 1. The molecule has 1 aromatic carbocycles. The molecule has 150 valence electrons. The van der Waals surface area contributed by atoms with Gasteiger partial charge in [0.05, 0.1) is 11.6 Å². The third kappa shape index (κ3) is 4.13. The SMILES string of the molecule is COC1(C(=O)NC2CCC(Oc3ccc4ncccc4c3)CC2)CCNCC1. The van der Waals surface area contributed by atoms with Crippen molar-refractivity contribution in [3.05, 3.63) is 36.5 Å². The van der Waals surface area contributed by atoms with Gasteiger partial charge in [0.2, 0.25) is 0 Å². The van der Waals surface area contributed by atoms with Gasteiger partial charge in [-0.05, 0) is 75.9 Å². The molecule has 6 nitrogen and oxygen atoms in total. The van der Waals surface area contributed by atoms with Gasteiger partial charge >= 0.3 is 0 Å². The van der Waals surface area contributed by atoms with Crippen molar-refractivity contribution < 1.29 is 14.3 Å². The van der Waals surface area contributed by atoms with Crippen LogP contribution >= 0.6 is 0 Å². The Balaban J connectivity index is 1.29. The number of aromatic nitrogens is 1. The van der Waals surface area contributed by atoms with Gasteiger partial charge in [0.15, 0.2) is 0 Å². The number of carbonyl (C=O) groups is 1. The Morgan fingerprint density at radius 1 is 1.18 bits per heavy atom. The zero-order valence-corrected chi connectivity index (χ0v) is 16.4. The maximum absolute atomic E-state index is 12.8. The molecule has 1 saturated carbocycles. The van der Waals surface area contributed by atoms with Gasteiger partial charge in [-0.25, -0.2) is 0 Å². The van der Waals surface area contributed by atoms with Gasteiger partial charge in [0.25, 0.3) is 5.91 Å². The molecule has 1 aliphatic heterocycles. The lowest BCUT2D eigenvalue weighted by atomic mass is 9.88. The second-order valence-corrected chi connectivity index (χ2v) is 7.87. The molecule has 6 heteroatoms. The van der Waals surface area contributed by atoms with E-state index >= 15 is 0 Å². The standard InChI is InChI=1S/C22H29N3O3/c1-27-22(10-13-23-14-11-22)21(26)25-17-4-6-18(7-5-17)28-19-8-9-20-16(15-19)3-2-12-24-20/h2-3,8-9,12,15,17-18,23H,4-7,10-11,13-14H2,1H3,(H,25,26). The number of piperidine rings is 1. The van der Waals surface area contributed by atoms with E-state index in [2.05, 4.69) is 21.7 Å². The van der Waals surface area contributed by atoms with Crippen LogP contribution in [-0.4, -0.2) is 48.8 Å². The second kappa shape index (κ2) is 8.45. The number of nitrogens with one attached hydrogen (secondary N) is 2. The molecule has 28 heavy (non-hydrogen) atoms. The molecule has 1 aliphatic carbocycles. The monoisotopic (exact) mass is 383 g/mol. The molecule has 4 rings (SSSR count). The van der Waals surface area contributed by atoms with E-state index in [1.165, 1.54) is 0 Å². The van der Waals surface area contributed by atoms with E-state index in [0.29, 0.717) is 0 Å². The predicted molar refractivity (Wildman–Crippen MR) is 108 cm³/mol. The first-order valence-electron chi connectivity index (χ1n) is 10.3. The summed E-state index contributed by atoms with van der Waals surface area (Å²) in [6.45, 7) is 1.65. The molecular weight excluding hydrogens is 354 g/mol. The Bertz CT molecular complexity index is 812. The second-order valence-electron chi connectivity index (χ2n) is 7.87. The summed E-state index contributed by atoms with van der Waals surface area (Å²) in [5.41, 5.74) is 0.309. The average molecular weight is 383 g/mol. The number of methoxy groups -OCH3 is 1. The summed E-state index contributed by atoms with van der Waals surface area (Å²) < 4.78 is 11.8. The van der Waals surface area contributed by atoms with Crippen LogP contribution in [0.4, 0.5) is 0 Å². The number of carbonyl (C=O) groups excluding carboxylic acids is 1. The van der Waals surface area contributed by atoms with Crippen molar-refractivity contribution in [2.45, 2.75) is 56.3 Å².